The van der Waals surface area contributed by atoms with Crippen LogP contribution in [0, 0.1) is 0 Å². The second-order valence-corrected chi connectivity index (χ2v) is 11.7. The van der Waals surface area contributed by atoms with Gasteiger partial charge in [-0.15, -0.1) is 23.2 Å². The van der Waals surface area contributed by atoms with Crippen LogP contribution in [0.2, 0.25) is 0 Å². The third-order valence-corrected chi connectivity index (χ3v) is 5.70. The van der Waals surface area contributed by atoms with E-state index in [2.05, 4.69) is 10.6 Å². The number of alkyl halides is 2. The number of benzene rings is 2. The molecule has 0 saturated carbocycles. The van der Waals surface area contributed by atoms with Crippen molar-refractivity contribution >= 4 is 41.2 Å². The van der Waals surface area contributed by atoms with Crippen molar-refractivity contribution in [2.24, 2.45) is 0 Å². The molecule has 0 spiro atoms. The number of ether oxygens (including phenoxy) is 2. The second kappa shape index (κ2) is 17.1. The fourth-order valence-corrected chi connectivity index (χ4v) is 3.76. The lowest BCUT2D eigenvalue weighted by molar-refractivity contribution is -0.118. The summed E-state index contributed by atoms with van der Waals surface area (Å²) in [5.41, 5.74) is 0.781. The van der Waals surface area contributed by atoms with Crippen molar-refractivity contribution in [1.82, 2.24) is 10.6 Å². The zero-order valence-corrected chi connectivity index (χ0v) is 25.6. The summed E-state index contributed by atoms with van der Waals surface area (Å²) in [6.07, 6.45) is -1.11. The molecule has 2 aromatic rings. The summed E-state index contributed by atoms with van der Waals surface area (Å²) in [5.74, 6) is -0.331. The second-order valence-electron chi connectivity index (χ2n) is 11.2. The fourth-order valence-electron chi connectivity index (χ4n) is 3.36. The largest absolute Gasteiger partial charge is 0.444 e. The molecule has 0 unspecified atom stereocenters. The van der Waals surface area contributed by atoms with Crippen molar-refractivity contribution in [1.29, 1.82) is 0 Å². The molecule has 0 radical (unpaired) electrons. The lowest BCUT2D eigenvalue weighted by atomic mass is 10.0. The van der Waals surface area contributed by atoms with Crippen molar-refractivity contribution in [3.05, 3.63) is 71.8 Å². The summed E-state index contributed by atoms with van der Waals surface area (Å²) in [5, 5.41) is 15.2. The van der Waals surface area contributed by atoms with E-state index in [0.29, 0.717) is 12.8 Å². The van der Waals surface area contributed by atoms with E-state index in [-0.39, 0.29) is 17.5 Å². The van der Waals surface area contributed by atoms with Crippen LogP contribution >= 0.6 is 23.2 Å². The molecule has 3 atom stereocenters. The first-order valence-corrected chi connectivity index (χ1v) is 14.1. The number of carbonyl (C=O) groups is 3. The van der Waals surface area contributed by atoms with Gasteiger partial charge in [0.1, 0.15) is 11.2 Å². The summed E-state index contributed by atoms with van der Waals surface area (Å²) in [6, 6.07) is 17.9. The number of rotatable bonds is 10. The molecule has 0 aromatic heterocycles. The van der Waals surface area contributed by atoms with Gasteiger partial charge in [-0.2, -0.15) is 0 Å². The monoisotopic (exact) mass is 596 g/mol. The van der Waals surface area contributed by atoms with Crippen molar-refractivity contribution < 1.29 is 29.0 Å². The molecule has 0 aliphatic rings. The average Bonchev–Trinajstić information content (AvgIpc) is 2.86. The lowest BCUT2D eigenvalue weighted by Crippen LogP contribution is -2.47. The normalized spacial score (nSPS) is 13.5. The fraction of sp³-hybridized carbons (Fsp3) is 0.500. The van der Waals surface area contributed by atoms with Crippen LogP contribution in [0.5, 0.6) is 0 Å². The quantitative estimate of drug-likeness (QED) is 0.305. The van der Waals surface area contributed by atoms with Crippen molar-refractivity contribution in [2.45, 2.75) is 83.8 Å². The minimum Gasteiger partial charge on any atom is -0.444 e. The summed E-state index contributed by atoms with van der Waals surface area (Å²) >= 11 is 11.3. The number of hydrogen-bond donors (Lipinski definition) is 3. The van der Waals surface area contributed by atoms with E-state index in [1.54, 1.807) is 41.5 Å². The predicted molar refractivity (Wildman–Crippen MR) is 159 cm³/mol. The first-order chi connectivity index (χ1) is 18.6. The molecule has 2 rings (SSSR count). The van der Waals surface area contributed by atoms with Crippen LogP contribution in [0.1, 0.15) is 52.7 Å². The Morgan fingerprint density at radius 1 is 0.750 bits per heavy atom. The molecule has 2 aromatic carbocycles. The van der Waals surface area contributed by atoms with Crippen LogP contribution in [0.25, 0.3) is 0 Å². The van der Waals surface area contributed by atoms with Gasteiger partial charge in [0.25, 0.3) is 0 Å². The van der Waals surface area contributed by atoms with Crippen LogP contribution in [0.3, 0.4) is 0 Å². The van der Waals surface area contributed by atoms with Gasteiger partial charge in [0.05, 0.1) is 29.9 Å². The number of carbonyl (C=O) groups excluding carboxylic acids is 3. The zero-order valence-electron chi connectivity index (χ0n) is 24.1. The van der Waals surface area contributed by atoms with Crippen LogP contribution in [-0.2, 0) is 27.1 Å². The number of ketones is 1. The van der Waals surface area contributed by atoms with Gasteiger partial charge in [0.2, 0.25) is 0 Å². The Morgan fingerprint density at radius 2 is 1.18 bits per heavy atom. The van der Waals surface area contributed by atoms with E-state index >= 15 is 0 Å². The predicted octanol–water partition coefficient (Wildman–Crippen LogP) is 5.65. The van der Waals surface area contributed by atoms with E-state index in [1.165, 1.54) is 0 Å². The SMILES string of the molecule is CC(C)(C)OC(=O)N[C@@H](Cc1ccccc1)C(=O)CCl.CC(C)(C)OC(=O)N[C@@H](Cc1ccccc1)[C@H](O)CCl. The Bertz CT molecular complexity index is 1040. The minimum absolute atomic E-state index is 0.0489. The zero-order chi connectivity index (χ0) is 30.3. The number of aliphatic hydroxyl groups is 1. The van der Waals surface area contributed by atoms with E-state index in [4.69, 9.17) is 32.7 Å². The molecule has 10 heteroatoms. The molecular weight excluding hydrogens is 555 g/mol. The third kappa shape index (κ3) is 15.7. The maximum absolute atomic E-state index is 11.8. The van der Waals surface area contributed by atoms with Crippen LogP contribution < -0.4 is 10.6 Å². The summed E-state index contributed by atoms with van der Waals surface area (Å²) < 4.78 is 10.4. The lowest BCUT2D eigenvalue weighted by Gasteiger charge is -2.26. The Morgan fingerprint density at radius 3 is 1.57 bits per heavy atom. The number of amides is 2. The summed E-state index contributed by atoms with van der Waals surface area (Å²) in [7, 11) is 0. The third-order valence-electron chi connectivity index (χ3n) is 5.12. The van der Waals surface area contributed by atoms with Gasteiger partial charge in [-0.1, -0.05) is 60.7 Å². The molecular formula is C30H42Cl2N2O6. The summed E-state index contributed by atoms with van der Waals surface area (Å²) in [6.45, 7) is 10.7. The number of hydrogen-bond acceptors (Lipinski definition) is 6. The Balaban J connectivity index is 0.000000400. The molecule has 222 valence electrons. The molecule has 8 nitrogen and oxygen atoms in total. The number of aliphatic hydroxyl groups excluding tert-OH is 1. The summed E-state index contributed by atoms with van der Waals surface area (Å²) in [4.78, 5) is 35.4. The Kier molecular flexibility index (Phi) is 15.1. The Labute approximate surface area is 247 Å². The average molecular weight is 598 g/mol. The minimum atomic E-state index is -0.829. The van der Waals surface area contributed by atoms with Gasteiger partial charge in [-0.05, 0) is 65.5 Å². The molecule has 0 heterocycles. The highest BCUT2D eigenvalue weighted by atomic mass is 35.5. The Hall–Kier alpha value is -2.81. The molecule has 0 saturated heterocycles. The molecule has 3 N–H and O–H groups in total. The highest BCUT2D eigenvalue weighted by molar-refractivity contribution is 6.28. The molecule has 2 amide bonds. The van der Waals surface area contributed by atoms with E-state index in [9.17, 15) is 19.5 Å². The maximum atomic E-state index is 11.8. The molecule has 0 fully saturated rings. The van der Waals surface area contributed by atoms with Gasteiger partial charge < -0.3 is 25.2 Å². The van der Waals surface area contributed by atoms with E-state index in [1.807, 2.05) is 60.7 Å². The van der Waals surface area contributed by atoms with Gasteiger partial charge in [0.15, 0.2) is 5.78 Å². The first-order valence-electron chi connectivity index (χ1n) is 13.0. The van der Waals surface area contributed by atoms with E-state index in [0.717, 1.165) is 11.1 Å². The molecule has 40 heavy (non-hydrogen) atoms. The van der Waals surface area contributed by atoms with Crippen molar-refractivity contribution in [3.63, 3.8) is 0 Å². The highest BCUT2D eigenvalue weighted by Crippen LogP contribution is 2.12. The molecule has 0 bridgehead atoms. The van der Waals surface area contributed by atoms with Gasteiger partial charge >= 0.3 is 12.2 Å². The van der Waals surface area contributed by atoms with Crippen LogP contribution in [0.15, 0.2) is 60.7 Å². The molecule has 0 aliphatic carbocycles. The van der Waals surface area contributed by atoms with Crippen molar-refractivity contribution in [3.8, 4) is 0 Å². The maximum Gasteiger partial charge on any atom is 0.408 e. The smallest absolute Gasteiger partial charge is 0.408 e. The standard InChI is InChI=1S/C15H22ClNO3.C15H20ClNO3/c2*1-15(2,3)20-14(19)17-12(13(18)10-16)9-11-7-5-4-6-8-11/h4-8,12-13,18H,9-10H2,1-3H3,(H,17,19);4-8,12H,9-10H2,1-3H3,(H,17,19)/t12-,13+;12-/m00/s1. The highest BCUT2D eigenvalue weighted by Gasteiger charge is 2.25. The molecule has 0 aliphatic heterocycles. The van der Waals surface area contributed by atoms with Gasteiger partial charge in [0, 0.05) is 0 Å². The first kappa shape index (κ1) is 35.2. The van der Waals surface area contributed by atoms with Crippen LogP contribution in [0.4, 0.5) is 9.59 Å². The van der Waals surface area contributed by atoms with Gasteiger partial charge in [-0.25, -0.2) is 9.59 Å². The number of halogens is 2. The number of Topliss-reactive ketones (excluding diaryl/α,β-unsaturated/α-hetero) is 1. The topological polar surface area (TPSA) is 114 Å². The van der Waals surface area contributed by atoms with Crippen LogP contribution in [-0.4, -0.2) is 64.2 Å². The van der Waals surface area contributed by atoms with Gasteiger partial charge in [-0.3, -0.25) is 4.79 Å². The number of alkyl carbamates (subject to hydrolysis) is 2. The van der Waals surface area contributed by atoms with E-state index < -0.39 is 41.6 Å². The van der Waals surface area contributed by atoms with Crippen molar-refractivity contribution in [2.75, 3.05) is 11.8 Å². The number of nitrogens with one attached hydrogen (secondary N) is 2.